The summed E-state index contributed by atoms with van der Waals surface area (Å²) >= 11 is 0. The Hall–Kier alpha value is -2.27. The summed E-state index contributed by atoms with van der Waals surface area (Å²) in [5, 5.41) is 2.71. The molecular formula is C14H14FN3O. The number of rotatable bonds is 4. The molecule has 0 aliphatic rings. The van der Waals surface area contributed by atoms with Crippen molar-refractivity contribution in [2.24, 2.45) is 5.73 Å². The molecular weight excluding hydrogens is 245 g/mol. The van der Waals surface area contributed by atoms with Gasteiger partial charge in [0.25, 0.3) is 5.91 Å². The van der Waals surface area contributed by atoms with Crippen molar-refractivity contribution in [2.75, 3.05) is 0 Å². The van der Waals surface area contributed by atoms with Gasteiger partial charge >= 0.3 is 0 Å². The zero-order valence-electron chi connectivity index (χ0n) is 10.3. The number of carbonyl (C=O) groups is 1. The molecule has 0 bridgehead atoms. The van der Waals surface area contributed by atoms with Crippen LogP contribution in [0.2, 0.25) is 0 Å². The van der Waals surface area contributed by atoms with Crippen LogP contribution in [0, 0.1) is 5.82 Å². The van der Waals surface area contributed by atoms with Crippen molar-refractivity contribution in [2.45, 2.75) is 13.1 Å². The molecule has 19 heavy (non-hydrogen) atoms. The van der Waals surface area contributed by atoms with E-state index in [1.165, 1.54) is 6.20 Å². The summed E-state index contributed by atoms with van der Waals surface area (Å²) in [6.45, 7) is 0.818. The first kappa shape index (κ1) is 13.2. The van der Waals surface area contributed by atoms with E-state index in [1.807, 2.05) is 24.3 Å². The average molecular weight is 259 g/mol. The number of pyridine rings is 1. The second-order valence-electron chi connectivity index (χ2n) is 4.10. The normalized spacial score (nSPS) is 10.2. The van der Waals surface area contributed by atoms with Crippen molar-refractivity contribution >= 4 is 5.91 Å². The summed E-state index contributed by atoms with van der Waals surface area (Å²) in [5.74, 6) is -0.886. The minimum Gasteiger partial charge on any atom is -0.348 e. The predicted molar refractivity (Wildman–Crippen MR) is 69.7 cm³/mol. The molecule has 0 aliphatic carbocycles. The largest absolute Gasteiger partial charge is 0.348 e. The molecule has 98 valence electrons. The standard InChI is InChI=1S/C14H14FN3O/c15-13-5-12(8-17-9-13)14(19)18-7-11-3-1-2-10(4-11)6-16/h1-5,8-9H,6-7,16H2,(H,18,19). The molecule has 0 unspecified atom stereocenters. The number of hydrogen-bond donors (Lipinski definition) is 2. The lowest BCUT2D eigenvalue weighted by Gasteiger charge is -2.06. The van der Waals surface area contributed by atoms with Crippen molar-refractivity contribution < 1.29 is 9.18 Å². The second kappa shape index (κ2) is 6.06. The Morgan fingerprint density at radius 1 is 1.26 bits per heavy atom. The number of hydrogen-bond acceptors (Lipinski definition) is 3. The summed E-state index contributed by atoms with van der Waals surface area (Å²) in [6.07, 6.45) is 2.39. The van der Waals surface area contributed by atoms with E-state index in [2.05, 4.69) is 10.3 Å². The van der Waals surface area contributed by atoms with E-state index >= 15 is 0 Å². The van der Waals surface area contributed by atoms with Crippen molar-refractivity contribution in [1.29, 1.82) is 0 Å². The highest BCUT2D eigenvalue weighted by molar-refractivity contribution is 5.93. The number of nitrogens with two attached hydrogens (primary N) is 1. The van der Waals surface area contributed by atoms with E-state index in [0.29, 0.717) is 13.1 Å². The smallest absolute Gasteiger partial charge is 0.253 e. The van der Waals surface area contributed by atoms with Gasteiger partial charge in [0.05, 0.1) is 11.8 Å². The van der Waals surface area contributed by atoms with E-state index in [4.69, 9.17) is 5.73 Å². The van der Waals surface area contributed by atoms with E-state index in [9.17, 15) is 9.18 Å². The molecule has 0 radical (unpaired) electrons. The van der Waals surface area contributed by atoms with Gasteiger partial charge in [0.2, 0.25) is 0 Å². The number of halogens is 1. The topological polar surface area (TPSA) is 68.0 Å². The zero-order valence-corrected chi connectivity index (χ0v) is 10.3. The SMILES string of the molecule is NCc1cccc(CNC(=O)c2cncc(F)c2)c1. The van der Waals surface area contributed by atoms with Crippen LogP contribution in [-0.2, 0) is 13.1 Å². The van der Waals surface area contributed by atoms with Crippen LogP contribution in [0.1, 0.15) is 21.5 Å². The molecule has 0 spiro atoms. The molecule has 0 fully saturated rings. The number of benzene rings is 1. The fraction of sp³-hybridized carbons (Fsp3) is 0.143. The summed E-state index contributed by atoms with van der Waals surface area (Å²) in [5.41, 5.74) is 7.69. The van der Waals surface area contributed by atoms with E-state index in [0.717, 1.165) is 23.4 Å². The van der Waals surface area contributed by atoms with Crippen LogP contribution in [0.3, 0.4) is 0 Å². The lowest BCUT2D eigenvalue weighted by atomic mass is 10.1. The Labute approximate surface area is 110 Å². The minimum atomic E-state index is -0.530. The van der Waals surface area contributed by atoms with Crippen LogP contribution in [0.4, 0.5) is 4.39 Å². The lowest BCUT2D eigenvalue weighted by molar-refractivity contribution is 0.0950. The van der Waals surface area contributed by atoms with Crippen LogP contribution in [0.5, 0.6) is 0 Å². The third-order valence-electron chi connectivity index (χ3n) is 2.65. The molecule has 1 amide bonds. The van der Waals surface area contributed by atoms with Crippen molar-refractivity contribution in [3.8, 4) is 0 Å². The van der Waals surface area contributed by atoms with Crippen LogP contribution < -0.4 is 11.1 Å². The second-order valence-corrected chi connectivity index (χ2v) is 4.10. The molecule has 1 aromatic heterocycles. The minimum absolute atomic E-state index is 0.204. The quantitative estimate of drug-likeness (QED) is 0.876. The van der Waals surface area contributed by atoms with Gasteiger partial charge in [-0.05, 0) is 17.2 Å². The van der Waals surface area contributed by atoms with Crippen molar-refractivity contribution in [3.05, 3.63) is 65.2 Å². The Bertz CT molecular complexity index is 586. The van der Waals surface area contributed by atoms with Crippen molar-refractivity contribution in [1.82, 2.24) is 10.3 Å². The third-order valence-corrected chi connectivity index (χ3v) is 2.65. The number of nitrogens with one attached hydrogen (secondary N) is 1. The van der Waals surface area contributed by atoms with Crippen LogP contribution >= 0.6 is 0 Å². The van der Waals surface area contributed by atoms with Gasteiger partial charge in [-0.1, -0.05) is 24.3 Å². The van der Waals surface area contributed by atoms with Gasteiger partial charge in [0, 0.05) is 19.3 Å². The highest BCUT2D eigenvalue weighted by Gasteiger charge is 2.06. The summed E-state index contributed by atoms with van der Waals surface area (Å²) < 4.78 is 12.9. The Kier molecular flexibility index (Phi) is 4.20. The first-order valence-electron chi connectivity index (χ1n) is 5.85. The molecule has 3 N–H and O–H groups in total. The van der Waals surface area contributed by atoms with Crippen molar-refractivity contribution in [3.63, 3.8) is 0 Å². The zero-order chi connectivity index (χ0) is 13.7. The van der Waals surface area contributed by atoms with Gasteiger partial charge in [-0.3, -0.25) is 9.78 Å². The molecule has 0 saturated carbocycles. The van der Waals surface area contributed by atoms with E-state index in [1.54, 1.807) is 0 Å². The third kappa shape index (κ3) is 3.59. The Morgan fingerprint density at radius 3 is 2.79 bits per heavy atom. The van der Waals surface area contributed by atoms with Gasteiger partial charge in [0.15, 0.2) is 0 Å². The lowest BCUT2D eigenvalue weighted by Crippen LogP contribution is -2.23. The number of aromatic nitrogens is 1. The molecule has 1 aromatic carbocycles. The maximum Gasteiger partial charge on any atom is 0.253 e. The van der Waals surface area contributed by atoms with Gasteiger partial charge in [-0.15, -0.1) is 0 Å². The fourth-order valence-corrected chi connectivity index (χ4v) is 1.69. The number of carbonyl (C=O) groups excluding carboxylic acids is 1. The highest BCUT2D eigenvalue weighted by atomic mass is 19.1. The average Bonchev–Trinajstić information content (AvgIpc) is 2.45. The summed E-state index contributed by atoms with van der Waals surface area (Å²) in [4.78, 5) is 15.4. The Balaban J connectivity index is 2.00. The fourth-order valence-electron chi connectivity index (χ4n) is 1.69. The predicted octanol–water partition coefficient (Wildman–Crippen LogP) is 1.61. The molecule has 0 saturated heterocycles. The molecule has 2 aromatic rings. The van der Waals surface area contributed by atoms with Gasteiger partial charge in [-0.2, -0.15) is 0 Å². The molecule has 2 rings (SSSR count). The summed E-state index contributed by atoms with van der Waals surface area (Å²) in [7, 11) is 0. The number of nitrogens with zero attached hydrogens (tertiary/aromatic N) is 1. The van der Waals surface area contributed by atoms with Crippen LogP contribution in [0.15, 0.2) is 42.7 Å². The van der Waals surface area contributed by atoms with E-state index in [-0.39, 0.29) is 11.5 Å². The summed E-state index contributed by atoms with van der Waals surface area (Å²) in [6, 6.07) is 8.77. The maximum atomic E-state index is 12.9. The highest BCUT2D eigenvalue weighted by Crippen LogP contribution is 2.05. The molecule has 1 heterocycles. The van der Waals surface area contributed by atoms with Gasteiger partial charge in [-0.25, -0.2) is 4.39 Å². The monoisotopic (exact) mass is 259 g/mol. The molecule has 0 atom stereocenters. The van der Waals surface area contributed by atoms with E-state index < -0.39 is 5.82 Å². The molecule has 5 heteroatoms. The first-order chi connectivity index (χ1) is 9.19. The van der Waals surface area contributed by atoms with Crippen LogP contribution in [-0.4, -0.2) is 10.9 Å². The molecule has 4 nitrogen and oxygen atoms in total. The maximum absolute atomic E-state index is 12.9. The van der Waals surface area contributed by atoms with Gasteiger partial charge < -0.3 is 11.1 Å². The number of amides is 1. The van der Waals surface area contributed by atoms with Gasteiger partial charge in [0.1, 0.15) is 5.82 Å². The Morgan fingerprint density at radius 2 is 2.05 bits per heavy atom. The first-order valence-corrected chi connectivity index (χ1v) is 5.85. The molecule has 0 aliphatic heterocycles. The van der Waals surface area contributed by atoms with Crippen LogP contribution in [0.25, 0.3) is 0 Å².